The van der Waals surface area contributed by atoms with Gasteiger partial charge in [-0.25, -0.2) is 0 Å². The Kier molecular flexibility index (Phi) is 4.85. The standard InChI is InChI=1S/C17H23NO/c1-3-13(2)19-17-10-8-16(9-11-17)15-6-4-14(12-18)5-7-15/h8-11,13-15H,3-7H2,1-2H3. The van der Waals surface area contributed by atoms with Gasteiger partial charge in [0.2, 0.25) is 0 Å². The summed E-state index contributed by atoms with van der Waals surface area (Å²) in [7, 11) is 0. The fourth-order valence-corrected chi connectivity index (χ4v) is 2.69. The van der Waals surface area contributed by atoms with Gasteiger partial charge in [-0.05, 0) is 62.6 Å². The Hall–Kier alpha value is -1.49. The fraction of sp³-hybridized carbons (Fsp3) is 0.588. The van der Waals surface area contributed by atoms with E-state index in [4.69, 9.17) is 10.00 Å². The van der Waals surface area contributed by atoms with Gasteiger partial charge in [0.05, 0.1) is 12.2 Å². The average molecular weight is 257 g/mol. The van der Waals surface area contributed by atoms with Gasteiger partial charge in [-0.3, -0.25) is 0 Å². The number of ether oxygens (including phenoxy) is 1. The van der Waals surface area contributed by atoms with E-state index in [1.807, 2.05) is 0 Å². The molecule has 1 aliphatic rings. The monoisotopic (exact) mass is 257 g/mol. The molecule has 0 N–H and O–H groups in total. The molecule has 0 spiro atoms. The van der Waals surface area contributed by atoms with Gasteiger partial charge in [-0.1, -0.05) is 19.1 Å². The van der Waals surface area contributed by atoms with Gasteiger partial charge < -0.3 is 4.74 Å². The molecule has 2 rings (SSSR count). The normalized spacial score (nSPS) is 24.5. The van der Waals surface area contributed by atoms with Crippen molar-refractivity contribution in [2.75, 3.05) is 0 Å². The highest BCUT2D eigenvalue weighted by Gasteiger charge is 2.21. The molecule has 0 heterocycles. The van der Waals surface area contributed by atoms with E-state index in [0.29, 0.717) is 5.92 Å². The number of nitrogens with zero attached hydrogens (tertiary/aromatic N) is 1. The molecule has 19 heavy (non-hydrogen) atoms. The molecule has 2 heteroatoms. The summed E-state index contributed by atoms with van der Waals surface area (Å²) in [4.78, 5) is 0. The van der Waals surface area contributed by atoms with Crippen LogP contribution in [0.15, 0.2) is 24.3 Å². The van der Waals surface area contributed by atoms with E-state index in [2.05, 4.69) is 44.2 Å². The number of benzene rings is 1. The molecule has 0 radical (unpaired) electrons. The molecule has 0 aromatic heterocycles. The number of hydrogen-bond acceptors (Lipinski definition) is 2. The Bertz CT molecular complexity index is 424. The third-order valence-electron chi connectivity index (χ3n) is 4.17. The van der Waals surface area contributed by atoms with Crippen LogP contribution in [0.1, 0.15) is 57.4 Å². The van der Waals surface area contributed by atoms with Gasteiger partial charge in [0.25, 0.3) is 0 Å². The molecular weight excluding hydrogens is 234 g/mol. The van der Waals surface area contributed by atoms with Crippen LogP contribution in [-0.2, 0) is 0 Å². The molecule has 1 aromatic rings. The van der Waals surface area contributed by atoms with Crippen molar-refractivity contribution < 1.29 is 4.74 Å². The van der Waals surface area contributed by atoms with Crippen molar-refractivity contribution in [1.82, 2.24) is 0 Å². The smallest absolute Gasteiger partial charge is 0.119 e. The Morgan fingerprint density at radius 3 is 2.37 bits per heavy atom. The molecule has 1 aliphatic carbocycles. The highest BCUT2D eigenvalue weighted by molar-refractivity contribution is 5.30. The van der Waals surface area contributed by atoms with Gasteiger partial charge in [0.15, 0.2) is 0 Å². The molecule has 1 fully saturated rings. The van der Waals surface area contributed by atoms with Gasteiger partial charge in [0.1, 0.15) is 5.75 Å². The maximum Gasteiger partial charge on any atom is 0.119 e. The zero-order valence-electron chi connectivity index (χ0n) is 11.9. The lowest BCUT2D eigenvalue weighted by Crippen LogP contribution is -2.12. The number of hydrogen-bond donors (Lipinski definition) is 0. The quantitative estimate of drug-likeness (QED) is 0.785. The van der Waals surface area contributed by atoms with Gasteiger partial charge >= 0.3 is 0 Å². The van der Waals surface area contributed by atoms with E-state index in [9.17, 15) is 0 Å². The summed E-state index contributed by atoms with van der Waals surface area (Å²) in [6.45, 7) is 4.23. The summed E-state index contributed by atoms with van der Waals surface area (Å²) >= 11 is 0. The van der Waals surface area contributed by atoms with Crippen molar-refractivity contribution in [3.05, 3.63) is 29.8 Å². The van der Waals surface area contributed by atoms with Crippen molar-refractivity contribution in [2.45, 2.75) is 58.0 Å². The maximum atomic E-state index is 8.92. The zero-order valence-corrected chi connectivity index (χ0v) is 11.9. The van der Waals surface area contributed by atoms with Crippen molar-refractivity contribution >= 4 is 0 Å². The molecular formula is C17H23NO. The summed E-state index contributed by atoms with van der Waals surface area (Å²) in [5, 5.41) is 8.92. The van der Waals surface area contributed by atoms with Crippen LogP contribution in [0.25, 0.3) is 0 Å². The second-order valence-electron chi connectivity index (χ2n) is 5.58. The predicted molar refractivity (Wildman–Crippen MR) is 77.1 cm³/mol. The molecule has 2 nitrogen and oxygen atoms in total. The average Bonchev–Trinajstić information content (AvgIpc) is 2.48. The molecule has 1 aromatic carbocycles. The van der Waals surface area contributed by atoms with Gasteiger partial charge in [-0.15, -0.1) is 0 Å². The van der Waals surface area contributed by atoms with Crippen LogP contribution in [0.5, 0.6) is 5.75 Å². The van der Waals surface area contributed by atoms with E-state index in [1.54, 1.807) is 0 Å². The third kappa shape index (κ3) is 3.73. The van der Waals surface area contributed by atoms with Crippen LogP contribution in [0, 0.1) is 17.2 Å². The lowest BCUT2D eigenvalue weighted by Gasteiger charge is -2.25. The van der Waals surface area contributed by atoms with Crippen LogP contribution in [0.3, 0.4) is 0 Å². The van der Waals surface area contributed by atoms with E-state index in [-0.39, 0.29) is 12.0 Å². The van der Waals surface area contributed by atoms with E-state index in [0.717, 1.165) is 37.9 Å². The Morgan fingerprint density at radius 2 is 1.84 bits per heavy atom. The minimum absolute atomic E-state index is 0.275. The minimum atomic E-state index is 0.275. The van der Waals surface area contributed by atoms with E-state index < -0.39 is 0 Å². The lowest BCUT2D eigenvalue weighted by atomic mass is 9.79. The van der Waals surface area contributed by atoms with Crippen LogP contribution in [0.4, 0.5) is 0 Å². The summed E-state index contributed by atoms with van der Waals surface area (Å²) in [5.74, 6) is 1.87. The molecule has 0 bridgehead atoms. The first-order valence-electron chi connectivity index (χ1n) is 7.39. The highest BCUT2D eigenvalue weighted by atomic mass is 16.5. The maximum absolute atomic E-state index is 8.92. The van der Waals surface area contributed by atoms with Crippen LogP contribution < -0.4 is 4.74 Å². The Morgan fingerprint density at radius 1 is 1.21 bits per heavy atom. The first-order chi connectivity index (χ1) is 9.22. The molecule has 1 unspecified atom stereocenters. The molecule has 0 aliphatic heterocycles. The second-order valence-corrected chi connectivity index (χ2v) is 5.58. The second kappa shape index (κ2) is 6.61. The van der Waals surface area contributed by atoms with E-state index >= 15 is 0 Å². The number of nitriles is 1. The largest absolute Gasteiger partial charge is 0.491 e. The highest BCUT2D eigenvalue weighted by Crippen LogP contribution is 2.35. The topological polar surface area (TPSA) is 33.0 Å². The Labute approximate surface area is 116 Å². The zero-order chi connectivity index (χ0) is 13.7. The molecule has 0 amide bonds. The molecule has 102 valence electrons. The lowest BCUT2D eigenvalue weighted by molar-refractivity contribution is 0.217. The van der Waals surface area contributed by atoms with Crippen LogP contribution in [0.2, 0.25) is 0 Å². The molecule has 1 atom stereocenters. The van der Waals surface area contributed by atoms with Crippen molar-refractivity contribution in [2.24, 2.45) is 5.92 Å². The SMILES string of the molecule is CCC(C)Oc1ccc(C2CCC(C#N)CC2)cc1. The first-order valence-corrected chi connectivity index (χ1v) is 7.39. The Balaban J connectivity index is 1.94. The van der Waals surface area contributed by atoms with Crippen LogP contribution in [-0.4, -0.2) is 6.10 Å². The number of rotatable bonds is 4. The first kappa shape index (κ1) is 13.9. The third-order valence-corrected chi connectivity index (χ3v) is 4.17. The summed E-state index contributed by atoms with van der Waals surface area (Å²) < 4.78 is 5.80. The van der Waals surface area contributed by atoms with Crippen molar-refractivity contribution in [3.8, 4) is 11.8 Å². The summed E-state index contributed by atoms with van der Waals surface area (Å²) in [6, 6.07) is 10.9. The minimum Gasteiger partial charge on any atom is -0.491 e. The van der Waals surface area contributed by atoms with Crippen molar-refractivity contribution in [3.63, 3.8) is 0 Å². The van der Waals surface area contributed by atoms with Gasteiger partial charge in [0, 0.05) is 5.92 Å². The fourth-order valence-electron chi connectivity index (χ4n) is 2.69. The van der Waals surface area contributed by atoms with Crippen molar-refractivity contribution in [1.29, 1.82) is 5.26 Å². The predicted octanol–water partition coefficient (Wildman–Crippen LogP) is 4.66. The van der Waals surface area contributed by atoms with Crippen LogP contribution >= 0.6 is 0 Å². The summed E-state index contributed by atoms with van der Waals surface area (Å²) in [5.41, 5.74) is 1.40. The summed E-state index contributed by atoms with van der Waals surface area (Å²) in [6.07, 6.45) is 5.68. The van der Waals surface area contributed by atoms with Gasteiger partial charge in [-0.2, -0.15) is 5.26 Å². The molecule has 0 saturated heterocycles. The van der Waals surface area contributed by atoms with E-state index in [1.165, 1.54) is 5.56 Å². The molecule has 1 saturated carbocycles.